The number of halogens is 3. The summed E-state index contributed by atoms with van der Waals surface area (Å²) < 4.78 is 71.2. The lowest BCUT2D eigenvalue weighted by molar-refractivity contribution is -0.0506. The quantitative estimate of drug-likeness (QED) is 0.299. The summed E-state index contributed by atoms with van der Waals surface area (Å²) in [5.41, 5.74) is -4.35. The zero-order chi connectivity index (χ0) is 22.9. The van der Waals surface area contributed by atoms with Crippen molar-refractivity contribution >= 4 is 21.1 Å². The van der Waals surface area contributed by atoms with Gasteiger partial charge in [-0.2, -0.15) is 21.6 Å². The molecule has 1 aromatic heterocycles. The molecular formula is C23H15F3O5S. The molecule has 3 aromatic carbocycles. The molecule has 0 saturated carbocycles. The van der Waals surface area contributed by atoms with Gasteiger partial charge in [-0.1, -0.05) is 66.7 Å². The van der Waals surface area contributed by atoms with Crippen LogP contribution in [0.5, 0.6) is 5.95 Å². The molecule has 1 heterocycles. The van der Waals surface area contributed by atoms with Crippen molar-refractivity contribution in [3.05, 3.63) is 100 Å². The van der Waals surface area contributed by atoms with Gasteiger partial charge in [0, 0.05) is 6.42 Å². The molecular weight excluding hydrogens is 445 g/mol. The van der Waals surface area contributed by atoms with Crippen LogP contribution < -0.4 is 9.61 Å². The molecule has 0 aliphatic heterocycles. The van der Waals surface area contributed by atoms with Crippen LogP contribution in [0, 0.1) is 0 Å². The lowest BCUT2D eigenvalue weighted by Crippen LogP contribution is -2.29. The SMILES string of the molecule is O=c1c(Cc2ccc(-c3ccccc3)cc2)c(OS(=O)(=O)C(F)(F)F)oc2ccccc12. The topological polar surface area (TPSA) is 73.6 Å². The van der Waals surface area contributed by atoms with E-state index in [1.165, 1.54) is 18.2 Å². The van der Waals surface area contributed by atoms with E-state index in [9.17, 15) is 26.4 Å². The first-order valence-corrected chi connectivity index (χ1v) is 10.8. The number of hydrogen-bond acceptors (Lipinski definition) is 5. The van der Waals surface area contributed by atoms with Gasteiger partial charge in [-0.15, -0.1) is 0 Å². The molecule has 0 aliphatic rings. The standard InChI is InChI=1S/C23H15F3O5S/c24-23(25,26)32(28,29)31-22-19(21(27)18-8-4-5-9-20(18)30-22)14-15-10-12-17(13-11-15)16-6-2-1-3-7-16/h1-13H,14H2. The summed E-state index contributed by atoms with van der Waals surface area (Å²) in [4.78, 5) is 13.0. The van der Waals surface area contributed by atoms with Gasteiger partial charge in [0.15, 0.2) is 5.43 Å². The highest BCUT2D eigenvalue weighted by molar-refractivity contribution is 7.87. The first-order valence-electron chi connectivity index (χ1n) is 9.35. The molecule has 0 aliphatic carbocycles. The molecule has 0 radical (unpaired) electrons. The van der Waals surface area contributed by atoms with Crippen molar-refractivity contribution in [2.45, 2.75) is 11.9 Å². The number of hydrogen-bond donors (Lipinski definition) is 0. The van der Waals surface area contributed by atoms with Crippen LogP contribution in [-0.4, -0.2) is 13.9 Å². The second-order valence-corrected chi connectivity index (χ2v) is 8.45. The van der Waals surface area contributed by atoms with Crippen molar-refractivity contribution < 1.29 is 30.2 Å². The summed E-state index contributed by atoms with van der Waals surface area (Å²) in [7, 11) is -6.03. The summed E-state index contributed by atoms with van der Waals surface area (Å²) in [6, 6.07) is 22.3. The van der Waals surface area contributed by atoms with Gasteiger partial charge >= 0.3 is 21.6 Å². The Morgan fingerprint density at radius 1 is 0.812 bits per heavy atom. The van der Waals surface area contributed by atoms with Crippen LogP contribution in [0.2, 0.25) is 0 Å². The lowest BCUT2D eigenvalue weighted by atomic mass is 10.0. The number of rotatable bonds is 5. The second kappa shape index (κ2) is 8.16. The normalized spacial score (nSPS) is 12.1. The van der Waals surface area contributed by atoms with Crippen LogP contribution in [0.1, 0.15) is 11.1 Å². The van der Waals surface area contributed by atoms with E-state index in [1.54, 1.807) is 30.3 Å². The molecule has 164 valence electrons. The van der Waals surface area contributed by atoms with Gasteiger partial charge in [0.1, 0.15) is 5.58 Å². The van der Waals surface area contributed by atoms with E-state index in [4.69, 9.17) is 4.42 Å². The van der Waals surface area contributed by atoms with Gasteiger partial charge in [0.25, 0.3) is 0 Å². The highest BCUT2D eigenvalue weighted by Gasteiger charge is 2.49. The minimum Gasteiger partial charge on any atom is -0.424 e. The van der Waals surface area contributed by atoms with Gasteiger partial charge in [0.05, 0.1) is 10.9 Å². The Bertz CT molecular complexity index is 1420. The van der Waals surface area contributed by atoms with E-state index in [1.807, 2.05) is 30.3 Å². The largest absolute Gasteiger partial charge is 0.534 e. The van der Waals surface area contributed by atoms with Crippen LogP contribution in [-0.2, 0) is 16.5 Å². The second-order valence-electron chi connectivity index (χ2n) is 6.92. The highest BCUT2D eigenvalue weighted by atomic mass is 32.2. The Labute approximate surface area is 180 Å². The number of para-hydroxylation sites is 1. The van der Waals surface area contributed by atoms with Crippen molar-refractivity contribution in [2.75, 3.05) is 0 Å². The van der Waals surface area contributed by atoms with E-state index in [0.29, 0.717) is 5.56 Å². The minimum absolute atomic E-state index is 0.0898. The maximum Gasteiger partial charge on any atom is 0.534 e. The van der Waals surface area contributed by atoms with Gasteiger partial charge < -0.3 is 8.60 Å². The van der Waals surface area contributed by atoms with Gasteiger partial charge in [-0.05, 0) is 28.8 Å². The number of benzene rings is 3. The zero-order valence-electron chi connectivity index (χ0n) is 16.3. The third kappa shape index (κ3) is 4.24. The van der Waals surface area contributed by atoms with Crippen molar-refractivity contribution in [3.63, 3.8) is 0 Å². The molecule has 4 rings (SSSR count). The average molecular weight is 460 g/mol. The third-order valence-corrected chi connectivity index (χ3v) is 5.70. The zero-order valence-corrected chi connectivity index (χ0v) is 17.1. The molecule has 0 N–H and O–H groups in total. The fourth-order valence-corrected chi connectivity index (χ4v) is 3.60. The predicted octanol–water partition coefficient (Wildman–Crippen LogP) is 5.28. The molecule has 0 bridgehead atoms. The van der Waals surface area contributed by atoms with E-state index < -0.39 is 27.0 Å². The maximum atomic E-state index is 13.0. The Kier molecular flexibility index (Phi) is 5.52. The Hall–Kier alpha value is -3.59. The maximum absolute atomic E-state index is 13.0. The van der Waals surface area contributed by atoms with E-state index in [-0.39, 0.29) is 23.0 Å². The molecule has 0 amide bonds. The van der Waals surface area contributed by atoms with E-state index in [0.717, 1.165) is 11.1 Å². The molecule has 0 saturated heterocycles. The molecule has 0 unspecified atom stereocenters. The Morgan fingerprint density at radius 2 is 1.41 bits per heavy atom. The van der Waals surface area contributed by atoms with Crippen LogP contribution >= 0.6 is 0 Å². The average Bonchev–Trinajstić information content (AvgIpc) is 2.76. The van der Waals surface area contributed by atoms with Crippen LogP contribution in [0.15, 0.2) is 88.1 Å². The molecule has 0 fully saturated rings. The molecule has 5 nitrogen and oxygen atoms in total. The van der Waals surface area contributed by atoms with Gasteiger partial charge in [0.2, 0.25) is 0 Å². The van der Waals surface area contributed by atoms with Crippen molar-refractivity contribution in [2.24, 2.45) is 0 Å². The first-order chi connectivity index (χ1) is 15.2. The highest BCUT2D eigenvalue weighted by Crippen LogP contribution is 2.31. The third-order valence-electron chi connectivity index (χ3n) is 4.77. The molecule has 0 atom stereocenters. The van der Waals surface area contributed by atoms with Crippen LogP contribution in [0.25, 0.3) is 22.1 Å². The molecule has 9 heteroatoms. The predicted molar refractivity (Wildman–Crippen MR) is 113 cm³/mol. The fraction of sp³-hybridized carbons (Fsp3) is 0.0870. The summed E-state index contributed by atoms with van der Waals surface area (Å²) in [5, 5.41) is 0.0974. The van der Waals surface area contributed by atoms with Gasteiger partial charge in [-0.3, -0.25) is 4.79 Å². The number of alkyl halides is 3. The van der Waals surface area contributed by atoms with Crippen LogP contribution in [0.4, 0.5) is 13.2 Å². The first kappa shape index (κ1) is 21.6. The summed E-state index contributed by atoms with van der Waals surface area (Å²) >= 11 is 0. The van der Waals surface area contributed by atoms with E-state index >= 15 is 0 Å². The summed E-state index contributed by atoms with van der Waals surface area (Å²) in [5.74, 6) is -1.00. The van der Waals surface area contributed by atoms with E-state index in [2.05, 4.69) is 4.18 Å². The lowest BCUT2D eigenvalue weighted by Gasteiger charge is -2.12. The van der Waals surface area contributed by atoms with Gasteiger partial charge in [-0.25, -0.2) is 0 Å². The Balaban J connectivity index is 1.77. The summed E-state index contributed by atoms with van der Waals surface area (Å²) in [6.45, 7) is 0. The Morgan fingerprint density at radius 3 is 2.06 bits per heavy atom. The molecule has 32 heavy (non-hydrogen) atoms. The van der Waals surface area contributed by atoms with Crippen molar-refractivity contribution in [3.8, 4) is 17.1 Å². The molecule has 4 aromatic rings. The fourth-order valence-electron chi connectivity index (χ4n) is 3.18. The monoisotopic (exact) mass is 460 g/mol. The van der Waals surface area contributed by atoms with Crippen molar-refractivity contribution in [1.29, 1.82) is 0 Å². The van der Waals surface area contributed by atoms with Crippen LogP contribution in [0.3, 0.4) is 0 Å². The summed E-state index contributed by atoms with van der Waals surface area (Å²) in [6.07, 6.45) is -0.190. The van der Waals surface area contributed by atoms with Crippen molar-refractivity contribution in [1.82, 2.24) is 0 Å². The minimum atomic E-state index is -6.03. The molecule has 0 spiro atoms. The smallest absolute Gasteiger partial charge is 0.424 e. The number of fused-ring (bicyclic) bond motifs is 1.